The third-order valence-electron chi connectivity index (χ3n) is 1.63. The van der Waals surface area contributed by atoms with E-state index in [1.165, 1.54) is 0 Å². The molecule has 1 aliphatic rings. The largest absolute Gasteiger partial charge is 0.382 e. The van der Waals surface area contributed by atoms with Gasteiger partial charge in [-0.15, -0.1) is 0 Å². The SMILES string of the molecule is CCOCCC1OCC=CCO1. The van der Waals surface area contributed by atoms with Gasteiger partial charge in [0.05, 0.1) is 19.8 Å². The summed E-state index contributed by atoms with van der Waals surface area (Å²) in [5, 5.41) is 0. The molecule has 0 amide bonds. The molecule has 0 aromatic rings. The standard InChI is InChI=1S/C9H16O3/c1-2-10-8-5-9-11-6-3-4-7-12-9/h3-4,9H,2,5-8H2,1H3. The van der Waals surface area contributed by atoms with Gasteiger partial charge in [-0.1, -0.05) is 12.2 Å². The van der Waals surface area contributed by atoms with E-state index in [9.17, 15) is 0 Å². The second-order valence-corrected chi connectivity index (χ2v) is 2.55. The van der Waals surface area contributed by atoms with Gasteiger partial charge in [-0.25, -0.2) is 0 Å². The molecule has 1 aliphatic heterocycles. The van der Waals surface area contributed by atoms with Crippen LogP contribution in [-0.4, -0.2) is 32.7 Å². The third-order valence-corrected chi connectivity index (χ3v) is 1.63. The molecule has 0 saturated carbocycles. The van der Waals surface area contributed by atoms with Crippen molar-refractivity contribution >= 4 is 0 Å². The van der Waals surface area contributed by atoms with Crippen LogP contribution in [0.4, 0.5) is 0 Å². The molecule has 0 aromatic heterocycles. The summed E-state index contributed by atoms with van der Waals surface area (Å²) in [4.78, 5) is 0. The molecule has 1 heterocycles. The molecule has 12 heavy (non-hydrogen) atoms. The Morgan fingerprint density at radius 1 is 1.33 bits per heavy atom. The molecule has 3 heteroatoms. The van der Waals surface area contributed by atoms with E-state index in [-0.39, 0.29) is 6.29 Å². The first-order chi connectivity index (χ1) is 5.93. The molecule has 0 bridgehead atoms. The van der Waals surface area contributed by atoms with Gasteiger partial charge in [-0.2, -0.15) is 0 Å². The minimum atomic E-state index is -0.0912. The molecule has 0 spiro atoms. The summed E-state index contributed by atoms with van der Waals surface area (Å²) in [6, 6.07) is 0. The van der Waals surface area contributed by atoms with Crippen molar-refractivity contribution in [2.24, 2.45) is 0 Å². The highest BCUT2D eigenvalue weighted by molar-refractivity contribution is 4.83. The Morgan fingerprint density at radius 3 is 2.58 bits per heavy atom. The highest BCUT2D eigenvalue weighted by atomic mass is 16.7. The number of hydrogen-bond donors (Lipinski definition) is 0. The predicted molar refractivity (Wildman–Crippen MR) is 45.9 cm³/mol. The van der Waals surface area contributed by atoms with Crippen molar-refractivity contribution in [3.8, 4) is 0 Å². The van der Waals surface area contributed by atoms with E-state index in [1.807, 2.05) is 19.1 Å². The number of ether oxygens (including phenoxy) is 3. The van der Waals surface area contributed by atoms with Crippen LogP contribution in [0.25, 0.3) is 0 Å². The second kappa shape index (κ2) is 6.17. The summed E-state index contributed by atoms with van der Waals surface area (Å²) in [5.41, 5.74) is 0. The zero-order valence-corrected chi connectivity index (χ0v) is 7.49. The number of hydrogen-bond acceptors (Lipinski definition) is 3. The van der Waals surface area contributed by atoms with E-state index < -0.39 is 0 Å². The molecule has 0 atom stereocenters. The third kappa shape index (κ3) is 3.85. The van der Waals surface area contributed by atoms with Crippen LogP contribution in [0.15, 0.2) is 12.2 Å². The van der Waals surface area contributed by atoms with Crippen molar-refractivity contribution in [3.05, 3.63) is 12.2 Å². The molecule has 0 saturated heterocycles. The average Bonchev–Trinajstić information content (AvgIpc) is 2.33. The molecule has 1 rings (SSSR count). The van der Waals surface area contributed by atoms with Crippen LogP contribution in [0.1, 0.15) is 13.3 Å². The normalized spacial score (nSPS) is 19.4. The van der Waals surface area contributed by atoms with Crippen LogP contribution in [-0.2, 0) is 14.2 Å². The minimum absolute atomic E-state index is 0.0912. The van der Waals surface area contributed by atoms with Crippen molar-refractivity contribution < 1.29 is 14.2 Å². The van der Waals surface area contributed by atoms with Gasteiger partial charge in [-0.3, -0.25) is 0 Å². The summed E-state index contributed by atoms with van der Waals surface area (Å²) in [5.74, 6) is 0. The van der Waals surface area contributed by atoms with Crippen molar-refractivity contribution in [1.29, 1.82) is 0 Å². The fourth-order valence-electron chi connectivity index (χ4n) is 1.00. The van der Waals surface area contributed by atoms with Crippen molar-refractivity contribution in [2.75, 3.05) is 26.4 Å². The molecule has 0 aliphatic carbocycles. The Labute approximate surface area is 73.3 Å². The van der Waals surface area contributed by atoms with E-state index in [4.69, 9.17) is 14.2 Å². The molecule has 0 aromatic carbocycles. The predicted octanol–water partition coefficient (Wildman–Crippen LogP) is 1.34. The van der Waals surface area contributed by atoms with E-state index >= 15 is 0 Å². The highest BCUT2D eigenvalue weighted by Gasteiger charge is 2.09. The monoisotopic (exact) mass is 172 g/mol. The van der Waals surface area contributed by atoms with E-state index in [2.05, 4.69) is 0 Å². The van der Waals surface area contributed by atoms with E-state index in [0.29, 0.717) is 19.8 Å². The van der Waals surface area contributed by atoms with Gasteiger partial charge in [0.25, 0.3) is 0 Å². The summed E-state index contributed by atoms with van der Waals surface area (Å²) >= 11 is 0. The Bertz CT molecular complexity index is 124. The lowest BCUT2D eigenvalue weighted by Crippen LogP contribution is -2.18. The molecule has 3 nitrogen and oxygen atoms in total. The van der Waals surface area contributed by atoms with Crippen LogP contribution < -0.4 is 0 Å². The van der Waals surface area contributed by atoms with Gasteiger partial charge in [-0.05, 0) is 6.92 Å². The van der Waals surface area contributed by atoms with Crippen LogP contribution in [0, 0.1) is 0 Å². The first-order valence-electron chi connectivity index (χ1n) is 4.39. The molecule has 0 unspecified atom stereocenters. The summed E-state index contributed by atoms with van der Waals surface area (Å²) in [6.07, 6.45) is 4.67. The topological polar surface area (TPSA) is 27.7 Å². The van der Waals surface area contributed by atoms with Crippen molar-refractivity contribution in [3.63, 3.8) is 0 Å². The summed E-state index contributed by atoms with van der Waals surface area (Å²) in [7, 11) is 0. The Kier molecular flexibility index (Phi) is 4.99. The lowest BCUT2D eigenvalue weighted by molar-refractivity contribution is -0.133. The maximum atomic E-state index is 5.36. The highest BCUT2D eigenvalue weighted by Crippen LogP contribution is 2.04. The van der Waals surface area contributed by atoms with Crippen molar-refractivity contribution in [2.45, 2.75) is 19.6 Å². The first-order valence-corrected chi connectivity index (χ1v) is 4.39. The van der Waals surface area contributed by atoms with Gasteiger partial charge in [0.2, 0.25) is 0 Å². The minimum Gasteiger partial charge on any atom is -0.382 e. The van der Waals surface area contributed by atoms with Gasteiger partial charge in [0.15, 0.2) is 6.29 Å². The molecule has 0 fully saturated rings. The fraction of sp³-hybridized carbons (Fsp3) is 0.778. The smallest absolute Gasteiger partial charge is 0.160 e. The van der Waals surface area contributed by atoms with Gasteiger partial charge < -0.3 is 14.2 Å². The van der Waals surface area contributed by atoms with Crippen LogP contribution >= 0.6 is 0 Å². The second-order valence-electron chi connectivity index (χ2n) is 2.55. The maximum absolute atomic E-state index is 5.36. The van der Waals surface area contributed by atoms with Gasteiger partial charge in [0, 0.05) is 13.0 Å². The van der Waals surface area contributed by atoms with Crippen LogP contribution in [0.5, 0.6) is 0 Å². The lowest BCUT2D eigenvalue weighted by Gasteiger charge is -2.14. The summed E-state index contributed by atoms with van der Waals surface area (Å²) in [6.45, 7) is 4.75. The van der Waals surface area contributed by atoms with E-state index in [0.717, 1.165) is 13.0 Å². The van der Waals surface area contributed by atoms with Crippen LogP contribution in [0.2, 0.25) is 0 Å². The fourth-order valence-corrected chi connectivity index (χ4v) is 1.00. The van der Waals surface area contributed by atoms with Crippen molar-refractivity contribution in [1.82, 2.24) is 0 Å². The average molecular weight is 172 g/mol. The molecule has 0 N–H and O–H groups in total. The molecular weight excluding hydrogens is 156 g/mol. The van der Waals surface area contributed by atoms with Gasteiger partial charge >= 0.3 is 0 Å². The zero-order valence-electron chi connectivity index (χ0n) is 7.49. The van der Waals surface area contributed by atoms with Crippen LogP contribution in [0.3, 0.4) is 0 Å². The lowest BCUT2D eigenvalue weighted by atomic mass is 10.4. The van der Waals surface area contributed by atoms with Gasteiger partial charge in [0.1, 0.15) is 0 Å². The summed E-state index contributed by atoms with van der Waals surface area (Å²) < 4.78 is 15.9. The first kappa shape index (κ1) is 9.71. The zero-order chi connectivity index (χ0) is 8.65. The Hall–Kier alpha value is -0.380. The molecule has 70 valence electrons. The van der Waals surface area contributed by atoms with E-state index in [1.54, 1.807) is 0 Å². The molecular formula is C9H16O3. The molecule has 0 radical (unpaired) electrons. The number of rotatable bonds is 4. The maximum Gasteiger partial charge on any atom is 0.160 e. The Balaban J connectivity index is 2.06. The quantitative estimate of drug-likeness (QED) is 0.473. The Morgan fingerprint density at radius 2 is 2.00 bits per heavy atom.